The molecule has 0 unspecified atom stereocenters. The fourth-order valence-electron chi connectivity index (χ4n) is 2.35. The number of carbonyl (C=O) groups is 1. The van der Waals surface area contributed by atoms with E-state index >= 15 is 0 Å². The number of anilines is 1. The van der Waals surface area contributed by atoms with Crippen LogP contribution in [0, 0.1) is 6.92 Å². The highest BCUT2D eigenvalue weighted by Crippen LogP contribution is 2.19. The topological polar surface area (TPSA) is 47.4 Å². The first kappa shape index (κ1) is 17.0. The molecule has 0 bridgehead atoms. The molecule has 122 valence electrons. The van der Waals surface area contributed by atoms with Gasteiger partial charge in [-0.25, -0.2) is 0 Å². The van der Waals surface area contributed by atoms with Crippen LogP contribution >= 0.6 is 0 Å². The molecular formula is C18H23N3O2. The summed E-state index contributed by atoms with van der Waals surface area (Å²) in [7, 11) is 1.69. The van der Waals surface area contributed by atoms with Crippen molar-refractivity contribution >= 4 is 11.6 Å². The summed E-state index contributed by atoms with van der Waals surface area (Å²) in [5, 5.41) is 4.33. The highest BCUT2D eigenvalue weighted by Gasteiger charge is 2.15. The Morgan fingerprint density at radius 2 is 2.09 bits per heavy atom. The Morgan fingerprint density at radius 3 is 2.74 bits per heavy atom. The van der Waals surface area contributed by atoms with Gasteiger partial charge in [-0.05, 0) is 37.6 Å². The van der Waals surface area contributed by atoms with E-state index in [-0.39, 0.29) is 5.91 Å². The Hall–Kier alpha value is -2.40. The van der Waals surface area contributed by atoms with E-state index in [2.05, 4.69) is 11.7 Å². The number of rotatable bonds is 8. The summed E-state index contributed by atoms with van der Waals surface area (Å²) < 4.78 is 6.99. The molecule has 2 rings (SSSR count). The second kappa shape index (κ2) is 8.29. The Kier molecular flexibility index (Phi) is 6.11. The monoisotopic (exact) mass is 313 g/mol. The maximum atomic E-state index is 12.3. The SMILES string of the molecule is C=CC(=O)N(Cc1ccnn1CCCOC)c1ccc(C)cc1. The highest BCUT2D eigenvalue weighted by molar-refractivity contribution is 6.00. The number of benzene rings is 1. The zero-order valence-electron chi connectivity index (χ0n) is 13.7. The molecule has 5 nitrogen and oxygen atoms in total. The maximum Gasteiger partial charge on any atom is 0.250 e. The van der Waals surface area contributed by atoms with Crippen LogP contribution in [-0.2, 0) is 22.6 Å². The van der Waals surface area contributed by atoms with Crippen LogP contribution in [0.1, 0.15) is 17.7 Å². The first-order valence-electron chi connectivity index (χ1n) is 7.66. The number of carbonyl (C=O) groups excluding carboxylic acids is 1. The predicted octanol–water partition coefficient (Wildman–Crippen LogP) is 2.95. The molecule has 0 saturated carbocycles. The zero-order valence-corrected chi connectivity index (χ0v) is 13.7. The standard InChI is InChI=1S/C18H23N3O2/c1-4-18(22)20(16-8-6-15(2)7-9-16)14-17-10-11-19-21(17)12-5-13-23-3/h4,6-11H,1,5,12-14H2,2-3H3. The van der Waals surface area contributed by atoms with E-state index in [0.717, 1.165) is 29.9 Å². The summed E-state index contributed by atoms with van der Waals surface area (Å²) in [5.74, 6) is -0.126. The minimum absolute atomic E-state index is 0.126. The molecule has 1 aromatic heterocycles. The van der Waals surface area contributed by atoms with Crippen molar-refractivity contribution in [3.63, 3.8) is 0 Å². The molecule has 2 aromatic rings. The first-order valence-corrected chi connectivity index (χ1v) is 7.66. The maximum absolute atomic E-state index is 12.3. The summed E-state index contributed by atoms with van der Waals surface area (Å²) in [4.78, 5) is 14.0. The van der Waals surface area contributed by atoms with E-state index in [9.17, 15) is 4.79 Å². The molecule has 0 atom stereocenters. The largest absolute Gasteiger partial charge is 0.385 e. The van der Waals surface area contributed by atoms with Gasteiger partial charge in [-0.15, -0.1) is 0 Å². The second-order valence-electron chi connectivity index (χ2n) is 5.36. The minimum Gasteiger partial charge on any atom is -0.385 e. The van der Waals surface area contributed by atoms with Gasteiger partial charge in [0.1, 0.15) is 0 Å². The van der Waals surface area contributed by atoms with Crippen LogP contribution < -0.4 is 4.90 Å². The number of methoxy groups -OCH3 is 1. The summed E-state index contributed by atoms with van der Waals surface area (Å²) in [6.07, 6.45) is 3.98. The van der Waals surface area contributed by atoms with Gasteiger partial charge in [0.25, 0.3) is 5.91 Å². The van der Waals surface area contributed by atoms with E-state index in [4.69, 9.17) is 4.74 Å². The Labute approximate surface area is 137 Å². The fraction of sp³-hybridized carbons (Fsp3) is 0.333. The number of nitrogens with zero attached hydrogens (tertiary/aromatic N) is 3. The molecule has 0 saturated heterocycles. The summed E-state index contributed by atoms with van der Waals surface area (Å²) >= 11 is 0. The fourth-order valence-corrected chi connectivity index (χ4v) is 2.35. The molecule has 5 heteroatoms. The molecule has 1 amide bonds. The molecule has 0 aliphatic carbocycles. The summed E-state index contributed by atoms with van der Waals surface area (Å²) in [6, 6.07) is 9.82. The van der Waals surface area contributed by atoms with Crippen LogP contribution in [0.15, 0.2) is 49.2 Å². The molecule has 1 aromatic carbocycles. The van der Waals surface area contributed by atoms with Crippen molar-refractivity contribution in [2.24, 2.45) is 0 Å². The molecule has 1 heterocycles. The second-order valence-corrected chi connectivity index (χ2v) is 5.36. The van der Waals surface area contributed by atoms with Gasteiger partial charge in [0.05, 0.1) is 12.2 Å². The number of ether oxygens (including phenoxy) is 1. The average Bonchev–Trinajstić information content (AvgIpc) is 3.00. The summed E-state index contributed by atoms with van der Waals surface area (Å²) in [6.45, 7) is 7.54. The summed E-state index contributed by atoms with van der Waals surface area (Å²) in [5.41, 5.74) is 2.99. The highest BCUT2D eigenvalue weighted by atomic mass is 16.5. The zero-order chi connectivity index (χ0) is 16.7. The van der Waals surface area contributed by atoms with Gasteiger partial charge in [-0.2, -0.15) is 5.10 Å². The van der Waals surface area contributed by atoms with Gasteiger partial charge in [0.2, 0.25) is 0 Å². The Morgan fingerprint density at radius 1 is 1.35 bits per heavy atom. The van der Waals surface area contributed by atoms with E-state index in [0.29, 0.717) is 13.2 Å². The van der Waals surface area contributed by atoms with Crippen LogP contribution in [-0.4, -0.2) is 29.4 Å². The van der Waals surface area contributed by atoms with Crippen LogP contribution in [0.25, 0.3) is 0 Å². The molecule has 0 fully saturated rings. The van der Waals surface area contributed by atoms with Gasteiger partial charge in [-0.1, -0.05) is 24.3 Å². The third kappa shape index (κ3) is 4.53. The van der Waals surface area contributed by atoms with E-state index in [1.54, 1.807) is 18.2 Å². The van der Waals surface area contributed by atoms with E-state index in [1.165, 1.54) is 6.08 Å². The lowest BCUT2D eigenvalue weighted by Gasteiger charge is -2.22. The molecule has 0 N–H and O–H groups in total. The minimum atomic E-state index is -0.126. The van der Waals surface area contributed by atoms with Crippen molar-refractivity contribution in [3.8, 4) is 0 Å². The predicted molar refractivity (Wildman–Crippen MR) is 91.3 cm³/mol. The van der Waals surface area contributed by atoms with Crippen LogP contribution in [0.2, 0.25) is 0 Å². The van der Waals surface area contributed by atoms with Gasteiger partial charge in [0, 0.05) is 32.1 Å². The normalized spacial score (nSPS) is 10.5. The van der Waals surface area contributed by atoms with E-state index < -0.39 is 0 Å². The van der Waals surface area contributed by atoms with Crippen molar-refractivity contribution in [3.05, 3.63) is 60.4 Å². The third-order valence-electron chi connectivity index (χ3n) is 3.63. The van der Waals surface area contributed by atoms with E-state index in [1.807, 2.05) is 41.9 Å². The van der Waals surface area contributed by atoms with Crippen molar-refractivity contribution in [1.82, 2.24) is 9.78 Å². The number of aryl methyl sites for hydroxylation is 2. The quantitative estimate of drug-likeness (QED) is 0.556. The Balaban J connectivity index is 2.18. The Bertz CT molecular complexity index is 647. The van der Waals surface area contributed by atoms with Crippen LogP contribution in [0.5, 0.6) is 0 Å². The third-order valence-corrected chi connectivity index (χ3v) is 3.63. The van der Waals surface area contributed by atoms with Gasteiger partial charge >= 0.3 is 0 Å². The number of aromatic nitrogens is 2. The molecule has 23 heavy (non-hydrogen) atoms. The smallest absolute Gasteiger partial charge is 0.250 e. The molecular weight excluding hydrogens is 290 g/mol. The van der Waals surface area contributed by atoms with Crippen molar-refractivity contribution in [2.75, 3.05) is 18.6 Å². The molecule has 0 aliphatic rings. The molecule has 0 spiro atoms. The van der Waals surface area contributed by atoms with Crippen LogP contribution in [0.4, 0.5) is 5.69 Å². The van der Waals surface area contributed by atoms with Crippen LogP contribution in [0.3, 0.4) is 0 Å². The van der Waals surface area contributed by atoms with Crippen molar-refractivity contribution < 1.29 is 9.53 Å². The van der Waals surface area contributed by atoms with Crippen molar-refractivity contribution in [2.45, 2.75) is 26.4 Å². The number of amides is 1. The van der Waals surface area contributed by atoms with Gasteiger partial charge < -0.3 is 9.64 Å². The number of hydrogen-bond donors (Lipinski definition) is 0. The van der Waals surface area contributed by atoms with Crippen molar-refractivity contribution in [1.29, 1.82) is 0 Å². The number of hydrogen-bond acceptors (Lipinski definition) is 3. The van der Waals surface area contributed by atoms with Gasteiger partial charge in [-0.3, -0.25) is 9.48 Å². The molecule has 0 aliphatic heterocycles. The van der Waals surface area contributed by atoms with Gasteiger partial charge in [0.15, 0.2) is 0 Å². The average molecular weight is 313 g/mol. The lowest BCUT2D eigenvalue weighted by Crippen LogP contribution is -2.29. The lowest BCUT2D eigenvalue weighted by atomic mass is 10.2. The first-order chi connectivity index (χ1) is 11.2. The molecule has 0 radical (unpaired) electrons. The lowest BCUT2D eigenvalue weighted by molar-refractivity contribution is -0.114.